The molecule has 2 aliphatic rings. The van der Waals surface area contributed by atoms with Gasteiger partial charge in [0.15, 0.2) is 0 Å². The van der Waals surface area contributed by atoms with Gasteiger partial charge >= 0.3 is 6.18 Å². The third-order valence-electron chi connectivity index (χ3n) is 5.90. The minimum absolute atomic E-state index is 0.175. The lowest BCUT2D eigenvalue weighted by Crippen LogP contribution is -2.58. The van der Waals surface area contributed by atoms with Crippen molar-refractivity contribution < 1.29 is 27.5 Å². The lowest BCUT2D eigenvalue weighted by molar-refractivity contribution is -0.182. The summed E-state index contributed by atoms with van der Waals surface area (Å²) in [5.74, 6) is -2.91. The standard InChI is InChI=1S/C22H19Cl2F3N2O3/c1-2-10-7-15(21(31)29-19(10)22(25,26)27)20(30)28-18-13-5-3-11(23)8-16(13)32-17-9-12(24)4-6-14(17)18/h3-6,8-10,15,18-19H,2,7H2,1H3,(H,28,30)(H,29,31). The first-order chi connectivity index (χ1) is 15.1. The van der Waals surface area contributed by atoms with E-state index in [2.05, 4.69) is 5.32 Å². The highest BCUT2D eigenvalue weighted by molar-refractivity contribution is 6.31. The second-order valence-corrected chi connectivity index (χ2v) is 8.77. The summed E-state index contributed by atoms with van der Waals surface area (Å²) in [5.41, 5.74) is 1.21. The molecule has 4 rings (SSSR count). The van der Waals surface area contributed by atoms with E-state index in [0.29, 0.717) is 32.7 Å². The van der Waals surface area contributed by atoms with Crippen molar-refractivity contribution in [2.45, 2.75) is 38.0 Å². The SMILES string of the molecule is CCC1CC(C(=O)NC2c3ccc(Cl)cc3Oc3cc(Cl)ccc32)C(=O)NC1C(F)(F)F. The van der Waals surface area contributed by atoms with Crippen molar-refractivity contribution >= 4 is 35.0 Å². The van der Waals surface area contributed by atoms with Crippen LogP contribution in [0.4, 0.5) is 13.2 Å². The van der Waals surface area contributed by atoms with Crippen molar-refractivity contribution in [2.24, 2.45) is 11.8 Å². The van der Waals surface area contributed by atoms with Crippen molar-refractivity contribution in [1.82, 2.24) is 10.6 Å². The van der Waals surface area contributed by atoms with Gasteiger partial charge in [-0.3, -0.25) is 9.59 Å². The number of halogens is 5. The molecule has 0 saturated carbocycles. The number of benzene rings is 2. The van der Waals surface area contributed by atoms with Crippen molar-refractivity contribution in [1.29, 1.82) is 0 Å². The van der Waals surface area contributed by atoms with Gasteiger partial charge in [0, 0.05) is 21.2 Å². The van der Waals surface area contributed by atoms with E-state index in [1.165, 1.54) is 0 Å². The fourth-order valence-electron chi connectivity index (χ4n) is 4.25. The maximum Gasteiger partial charge on any atom is 0.408 e. The molecule has 0 radical (unpaired) electrons. The van der Waals surface area contributed by atoms with Gasteiger partial charge in [0.05, 0.1) is 6.04 Å². The fraction of sp³-hybridized carbons (Fsp3) is 0.364. The first-order valence-corrected chi connectivity index (χ1v) is 10.8. The van der Waals surface area contributed by atoms with Gasteiger partial charge in [0.25, 0.3) is 0 Å². The molecule has 32 heavy (non-hydrogen) atoms. The smallest absolute Gasteiger partial charge is 0.408 e. The highest BCUT2D eigenvalue weighted by atomic mass is 35.5. The largest absolute Gasteiger partial charge is 0.456 e. The zero-order valence-corrected chi connectivity index (χ0v) is 18.3. The van der Waals surface area contributed by atoms with Gasteiger partial charge in [-0.25, -0.2) is 0 Å². The van der Waals surface area contributed by atoms with Gasteiger partial charge in [0.2, 0.25) is 11.8 Å². The average Bonchev–Trinajstić information content (AvgIpc) is 2.72. The van der Waals surface area contributed by atoms with Gasteiger partial charge in [0.1, 0.15) is 23.5 Å². The van der Waals surface area contributed by atoms with E-state index in [0.717, 1.165) is 0 Å². The molecule has 1 saturated heterocycles. The Bertz CT molecular complexity index is 1030. The van der Waals surface area contributed by atoms with E-state index in [9.17, 15) is 22.8 Å². The molecule has 2 heterocycles. The van der Waals surface area contributed by atoms with E-state index >= 15 is 0 Å². The molecular formula is C22H19Cl2F3N2O3. The second-order valence-electron chi connectivity index (χ2n) is 7.89. The van der Waals surface area contributed by atoms with Crippen molar-refractivity contribution in [3.63, 3.8) is 0 Å². The number of fused-ring (bicyclic) bond motifs is 2. The number of hydrogen-bond donors (Lipinski definition) is 2. The summed E-state index contributed by atoms with van der Waals surface area (Å²) in [6.45, 7) is 1.61. The average molecular weight is 487 g/mol. The predicted octanol–water partition coefficient (Wildman–Crippen LogP) is 5.40. The molecule has 0 bridgehead atoms. The first kappa shape index (κ1) is 22.7. The zero-order chi connectivity index (χ0) is 23.2. The Kier molecular flexibility index (Phi) is 6.02. The normalized spacial score (nSPS) is 22.9. The summed E-state index contributed by atoms with van der Waals surface area (Å²) in [7, 11) is 0. The Balaban J connectivity index is 1.63. The third kappa shape index (κ3) is 4.26. The van der Waals surface area contributed by atoms with Crippen LogP contribution in [0.3, 0.4) is 0 Å². The van der Waals surface area contributed by atoms with Gasteiger partial charge < -0.3 is 15.4 Å². The van der Waals surface area contributed by atoms with Crippen molar-refractivity contribution in [3.8, 4) is 11.5 Å². The van der Waals surface area contributed by atoms with Crippen LogP contribution < -0.4 is 15.4 Å². The van der Waals surface area contributed by atoms with Crippen molar-refractivity contribution in [2.75, 3.05) is 0 Å². The molecule has 2 N–H and O–H groups in total. The van der Waals surface area contributed by atoms with Crippen LogP contribution in [-0.4, -0.2) is 24.0 Å². The summed E-state index contributed by atoms with van der Waals surface area (Å²) in [5, 5.41) is 5.67. The molecule has 3 unspecified atom stereocenters. The maximum absolute atomic E-state index is 13.3. The Morgan fingerprint density at radius 3 is 2.19 bits per heavy atom. The van der Waals surface area contributed by atoms with Crippen LogP contribution in [0.5, 0.6) is 11.5 Å². The van der Waals surface area contributed by atoms with Crippen LogP contribution in [0.1, 0.15) is 36.9 Å². The number of hydrogen-bond acceptors (Lipinski definition) is 3. The monoisotopic (exact) mass is 486 g/mol. The van der Waals surface area contributed by atoms with Crippen LogP contribution in [-0.2, 0) is 9.59 Å². The highest BCUT2D eigenvalue weighted by Crippen LogP contribution is 2.45. The van der Waals surface area contributed by atoms with Gasteiger partial charge in [-0.1, -0.05) is 48.7 Å². The highest BCUT2D eigenvalue weighted by Gasteiger charge is 2.51. The molecule has 2 amide bonds. The quantitative estimate of drug-likeness (QED) is 0.570. The van der Waals surface area contributed by atoms with E-state index < -0.39 is 41.9 Å². The molecular weight excluding hydrogens is 468 g/mol. The molecule has 2 aromatic carbocycles. The molecule has 0 aromatic heterocycles. The molecule has 10 heteroatoms. The number of nitrogens with one attached hydrogen (secondary N) is 2. The zero-order valence-electron chi connectivity index (χ0n) is 16.8. The number of ether oxygens (including phenoxy) is 1. The molecule has 2 aromatic rings. The van der Waals surface area contributed by atoms with Crippen molar-refractivity contribution in [3.05, 3.63) is 57.6 Å². The molecule has 2 aliphatic heterocycles. The lowest BCUT2D eigenvalue weighted by atomic mass is 9.81. The summed E-state index contributed by atoms with van der Waals surface area (Å²) >= 11 is 12.1. The summed E-state index contributed by atoms with van der Waals surface area (Å²) < 4.78 is 45.8. The van der Waals surface area contributed by atoms with Gasteiger partial charge in [-0.15, -0.1) is 0 Å². The molecule has 170 valence electrons. The van der Waals surface area contributed by atoms with Gasteiger partial charge in [-0.05, 0) is 36.6 Å². The Morgan fingerprint density at radius 2 is 1.69 bits per heavy atom. The second kappa shape index (κ2) is 8.48. The van der Waals surface area contributed by atoms with E-state index in [-0.39, 0.29) is 12.8 Å². The Labute approximate surface area is 192 Å². The van der Waals surface area contributed by atoms with E-state index in [1.807, 2.05) is 5.32 Å². The Morgan fingerprint density at radius 1 is 1.12 bits per heavy atom. The van der Waals surface area contributed by atoms with E-state index in [1.54, 1.807) is 43.3 Å². The minimum atomic E-state index is -4.57. The number of piperidine rings is 1. The fourth-order valence-corrected chi connectivity index (χ4v) is 4.57. The molecule has 1 fully saturated rings. The number of alkyl halides is 3. The first-order valence-electron chi connectivity index (χ1n) is 10.0. The van der Waals surface area contributed by atoms with Gasteiger partial charge in [-0.2, -0.15) is 13.2 Å². The lowest BCUT2D eigenvalue weighted by Gasteiger charge is -2.37. The van der Waals surface area contributed by atoms with Crippen LogP contribution >= 0.6 is 23.2 Å². The molecule has 0 aliphatic carbocycles. The van der Waals surface area contributed by atoms with E-state index in [4.69, 9.17) is 27.9 Å². The molecule has 3 atom stereocenters. The summed E-state index contributed by atoms with van der Waals surface area (Å²) in [4.78, 5) is 25.5. The number of amides is 2. The Hall–Kier alpha value is -2.45. The molecule has 5 nitrogen and oxygen atoms in total. The summed E-state index contributed by atoms with van der Waals surface area (Å²) in [6, 6.07) is 7.19. The van der Waals surface area contributed by atoms with Crippen LogP contribution in [0.25, 0.3) is 0 Å². The van der Waals surface area contributed by atoms with Crippen LogP contribution in [0.15, 0.2) is 36.4 Å². The maximum atomic E-state index is 13.3. The predicted molar refractivity (Wildman–Crippen MR) is 113 cm³/mol. The summed E-state index contributed by atoms with van der Waals surface area (Å²) in [6.07, 6.45) is -4.59. The number of carbonyl (C=O) groups is 2. The number of carbonyl (C=O) groups excluding carboxylic acids is 2. The number of rotatable bonds is 3. The van der Waals surface area contributed by atoms with Crippen LogP contribution in [0.2, 0.25) is 10.0 Å². The minimum Gasteiger partial charge on any atom is -0.456 e. The topological polar surface area (TPSA) is 67.4 Å². The van der Waals surface area contributed by atoms with Crippen LogP contribution in [0, 0.1) is 11.8 Å². The molecule has 0 spiro atoms. The third-order valence-corrected chi connectivity index (χ3v) is 6.37.